The minimum atomic E-state index is -4.62. The van der Waals surface area contributed by atoms with Gasteiger partial charge in [0.15, 0.2) is 5.75 Å². The van der Waals surface area contributed by atoms with E-state index in [1.807, 2.05) is 0 Å². The van der Waals surface area contributed by atoms with E-state index in [0.29, 0.717) is 8.95 Å². The summed E-state index contributed by atoms with van der Waals surface area (Å²) in [4.78, 5) is 11.7. The van der Waals surface area contributed by atoms with Gasteiger partial charge in [-0.1, -0.05) is 12.1 Å². The van der Waals surface area contributed by atoms with Crippen molar-refractivity contribution in [1.29, 1.82) is 0 Å². The Bertz CT molecular complexity index is 960. The van der Waals surface area contributed by atoms with Crippen LogP contribution in [0.2, 0.25) is 0 Å². The third-order valence-corrected chi connectivity index (χ3v) is 4.42. The first-order valence-electron chi connectivity index (χ1n) is 6.53. The molecule has 0 radical (unpaired) electrons. The molecular formula is C16H7Br2F3O3. The molecule has 0 aliphatic carbocycles. The summed E-state index contributed by atoms with van der Waals surface area (Å²) in [5, 5.41) is -0.313. The highest BCUT2D eigenvalue weighted by atomic mass is 79.9. The summed E-state index contributed by atoms with van der Waals surface area (Å²) in [6.07, 6.45) is -4.62. The largest absolute Gasteiger partial charge is 0.454 e. The van der Waals surface area contributed by atoms with Crippen molar-refractivity contribution in [1.82, 2.24) is 0 Å². The number of ether oxygens (including phenoxy) is 1. The van der Waals surface area contributed by atoms with E-state index >= 15 is 0 Å². The van der Waals surface area contributed by atoms with Gasteiger partial charge in [0.25, 0.3) is 0 Å². The van der Waals surface area contributed by atoms with E-state index in [0.717, 1.165) is 12.1 Å². The monoisotopic (exact) mass is 462 g/mol. The predicted molar refractivity (Wildman–Crippen MR) is 89.4 cm³/mol. The zero-order chi connectivity index (χ0) is 17.5. The highest BCUT2D eigenvalue weighted by Gasteiger charge is 2.34. The highest BCUT2D eigenvalue weighted by molar-refractivity contribution is 9.11. The van der Waals surface area contributed by atoms with Crippen LogP contribution in [0.4, 0.5) is 13.2 Å². The van der Waals surface area contributed by atoms with Gasteiger partial charge in [0.05, 0.1) is 26.0 Å². The van der Waals surface area contributed by atoms with Gasteiger partial charge >= 0.3 is 11.8 Å². The van der Waals surface area contributed by atoms with Crippen LogP contribution < -0.4 is 10.4 Å². The molecule has 1 heterocycles. The summed E-state index contributed by atoms with van der Waals surface area (Å²) < 4.78 is 51.4. The molecule has 0 aliphatic rings. The lowest BCUT2D eigenvalue weighted by Crippen LogP contribution is -2.08. The normalized spacial score (nSPS) is 11.7. The van der Waals surface area contributed by atoms with Gasteiger partial charge in [0.1, 0.15) is 11.3 Å². The van der Waals surface area contributed by atoms with Crippen molar-refractivity contribution in [3.63, 3.8) is 0 Å². The molecule has 0 amide bonds. The molecule has 0 aliphatic heterocycles. The van der Waals surface area contributed by atoms with E-state index in [-0.39, 0.29) is 22.5 Å². The fraction of sp³-hybridized carbons (Fsp3) is 0.0625. The number of fused-ring (bicyclic) bond motifs is 1. The molecule has 24 heavy (non-hydrogen) atoms. The van der Waals surface area contributed by atoms with Crippen LogP contribution in [0, 0.1) is 0 Å². The zero-order valence-electron chi connectivity index (χ0n) is 11.7. The number of para-hydroxylation sites is 1. The van der Waals surface area contributed by atoms with Crippen molar-refractivity contribution in [2.75, 3.05) is 0 Å². The van der Waals surface area contributed by atoms with Crippen LogP contribution in [0.25, 0.3) is 11.0 Å². The average molecular weight is 464 g/mol. The molecule has 0 saturated carbocycles. The Balaban J connectivity index is 2.30. The second-order valence-electron chi connectivity index (χ2n) is 4.76. The van der Waals surface area contributed by atoms with Crippen LogP contribution >= 0.6 is 31.9 Å². The van der Waals surface area contributed by atoms with Gasteiger partial charge in [-0.25, -0.2) is 4.79 Å². The maximum absolute atomic E-state index is 13.3. The molecule has 3 nitrogen and oxygen atoms in total. The summed E-state index contributed by atoms with van der Waals surface area (Å²) in [6.45, 7) is 0. The maximum atomic E-state index is 13.3. The molecule has 1 aromatic heterocycles. The number of hydrogen-bond donors (Lipinski definition) is 0. The first kappa shape index (κ1) is 17.0. The number of hydrogen-bond acceptors (Lipinski definition) is 3. The third-order valence-electron chi connectivity index (χ3n) is 3.17. The predicted octanol–water partition coefficient (Wildman–Crippen LogP) is 6.13. The molecule has 0 N–H and O–H groups in total. The highest BCUT2D eigenvalue weighted by Crippen LogP contribution is 2.42. The Morgan fingerprint density at radius 1 is 1.00 bits per heavy atom. The van der Waals surface area contributed by atoms with E-state index in [4.69, 9.17) is 9.15 Å². The Morgan fingerprint density at radius 3 is 2.25 bits per heavy atom. The number of halogens is 5. The Hall–Kier alpha value is -1.80. The molecular weight excluding hydrogens is 457 g/mol. The van der Waals surface area contributed by atoms with Crippen LogP contribution in [0.15, 0.2) is 60.6 Å². The van der Waals surface area contributed by atoms with Crippen molar-refractivity contribution in [3.8, 4) is 11.5 Å². The quantitative estimate of drug-likeness (QED) is 0.429. The zero-order valence-corrected chi connectivity index (χ0v) is 14.8. The molecule has 3 rings (SSSR count). The molecule has 0 saturated heterocycles. The molecule has 3 aromatic rings. The lowest BCUT2D eigenvalue weighted by atomic mass is 10.1. The second-order valence-corrected chi connectivity index (χ2v) is 6.47. The van der Waals surface area contributed by atoms with Gasteiger partial charge < -0.3 is 9.15 Å². The van der Waals surface area contributed by atoms with Gasteiger partial charge in [-0.2, -0.15) is 13.2 Å². The second kappa shape index (κ2) is 6.25. The summed E-state index contributed by atoms with van der Waals surface area (Å²) in [7, 11) is 0. The fourth-order valence-corrected chi connectivity index (χ4v) is 3.35. The van der Waals surface area contributed by atoms with Gasteiger partial charge in [-0.3, -0.25) is 0 Å². The SMILES string of the molecule is O=c1cc(Oc2c(Br)cccc2Br)c2c(C(F)(F)F)cccc2o1. The average Bonchev–Trinajstić information content (AvgIpc) is 2.49. The van der Waals surface area contributed by atoms with Gasteiger partial charge in [0.2, 0.25) is 0 Å². The standard InChI is InChI=1S/C16H7Br2F3O3/c17-9-4-2-5-10(18)15(9)24-12-7-13(22)23-11-6-1-3-8(14(11)12)16(19,20)21/h1-7H. The number of benzene rings is 2. The minimum Gasteiger partial charge on any atom is -0.454 e. The van der Waals surface area contributed by atoms with Crippen LogP contribution in [0.5, 0.6) is 11.5 Å². The lowest BCUT2D eigenvalue weighted by molar-refractivity contribution is -0.136. The van der Waals surface area contributed by atoms with Crippen molar-refractivity contribution in [2.24, 2.45) is 0 Å². The molecule has 8 heteroatoms. The summed E-state index contributed by atoms with van der Waals surface area (Å²) >= 11 is 6.53. The fourth-order valence-electron chi connectivity index (χ4n) is 2.19. The van der Waals surface area contributed by atoms with Gasteiger partial charge in [-0.05, 0) is 56.1 Å². The molecule has 0 spiro atoms. The number of alkyl halides is 3. The first-order valence-corrected chi connectivity index (χ1v) is 8.12. The first-order chi connectivity index (χ1) is 11.3. The van der Waals surface area contributed by atoms with E-state index < -0.39 is 17.4 Å². The molecule has 0 unspecified atom stereocenters. The van der Waals surface area contributed by atoms with E-state index in [9.17, 15) is 18.0 Å². The van der Waals surface area contributed by atoms with Crippen molar-refractivity contribution < 1.29 is 22.3 Å². The molecule has 124 valence electrons. The number of rotatable bonds is 2. The smallest absolute Gasteiger partial charge is 0.417 e. The van der Waals surface area contributed by atoms with Crippen molar-refractivity contribution in [3.05, 3.63) is 67.4 Å². The van der Waals surface area contributed by atoms with E-state index in [1.54, 1.807) is 18.2 Å². The van der Waals surface area contributed by atoms with Crippen molar-refractivity contribution in [2.45, 2.75) is 6.18 Å². The molecule has 0 bridgehead atoms. The lowest BCUT2D eigenvalue weighted by Gasteiger charge is -2.15. The van der Waals surface area contributed by atoms with Crippen molar-refractivity contribution >= 4 is 42.8 Å². The maximum Gasteiger partial charge on any atom is 0.417 e. The van der Waals surface area contributed by atoms with Gasteiger partial charge in [-0.15, -0.1) is 0 Å². The van der Waals surface area contributed by atoms with Crippen LogP contribution in [0.1, 0.15) is 5.56 Å². The Labute approximate surface area is 150 Å². The third kappa shape index (κ3) is 3.21. The summed E-state index contributed by atoms with van der Waals surface area (Å²) in [5.41, 5.74) is -1.95. The molecule has 0 atom stereocenters. The Morgan fingerprint density at radius 2 is 1.62 bits per heavy atom. The van der Waals surface area contributed by atoms with Crippen LogP contribution in [-0.2, 0) is 6.18 Å². The van der Waals surface area contributed by atoms with Gasteiger partial charge in [0, 0.05) is 0 Å². The Kier molecular flexibility index (Phi) is 4.44. The minimum absolute atomic E-state index is 0.199. The van der Waals surface area contributed by atoms with Crippen LogP contribution in [-0.4, -0.2) is 0 Å². The topological polar surface area (TPSA) is 39.4 Å². The molecule has 2 aromatic carbocycles. The summed E-state index contributed by atoms with van der Waals surface area (Å²) in [5.74, 6) is 0.0168. The van der Waals surface area contributed by atoms with Crippen LogP contribution in [0.3, 0.4) is 0 Å². The summed E-state index contributed by atoms with van der Waals surface area (Å²) in [6, 6.07) is 9.31. The van der Waals surface area contributed by atoms with E-state index in [2.05, 4.69) is 31.9 Å². The van der Waals surface area contributed by atoms with E-state index in [1.165, 1.54) is 12.1 Å². The molecule has 0 fully saturated rings.